The van der Waals surface area contributed by atoms with Gasteiger partial charge in [-0.25, -0.2) is 0 Å². The summed E-state index contributed by atoms with van der Waals surface area (Å²) >= 11 is 0. The number of benzene rings is 1. The summed E-state index contributed by atoms with van der Waals surface area (Å²) in [4.78, 5) is 38.1. The molecule has 1 amide bonds. The lowest BCUT2D eigenvalue weighted by Crippen LogP contribution is -2.28. The number of nitrogens with zero attached hydrogens (tertiary/aromatic N) is 3. The molecule has 0 spiro atoms. The van der Waals surface area contributed by atoms with Crippen LogP contribution in [0.4, 0.5) is 5.69 Å². The molecule has 0 fully saturated rings. The first-order valence-corrected chi connectivity index (χ1v) is 5.86. The van der Waals surface area contributed by atoms with Crippen LogP contribution in [0.1, 0.15) is 15.9 Å². The fourth-order valence-electron chi connectivity index (χ4n) is 2.18. The summed E-state index contributed by atoms with van der Waals surface area (Å²) in [6.07, 6.45) is 0. The van der Waals surface area contributed by atoms with Gasteiger partial charge in [-0.3, -0.25) is 14.9 Å². The molecular weight excluding hydrogens is 286 g/mol. The van der Waals surface area contributed by atoms with E-state index < -0.39 is 15.9 Å². The van der Waals surface area contributed by atoms with Gasteiger partial charge in [0.1, 0.15) is 6.61 Å². The number of nitro benzene ring substituents is 1. The van der Waals surface area contributed by atoms with Gasteiger partial charge in [-0.1, -0.05) is 0 Å². The van der Waals surface area contributed by atoms with Gasteiger partial charge in [-0.15, -0.1) is 10.1 Å². The van der Waals surface area contributed by atoms with Crippen molar-refractivity contribution in [2.45, 2.75) is 6.54 Å². The van der Waals surface area contributed by atoms with E-state index in [0.29, 0.717) is 0 Å². The number of hydrogen-bond acceptors (Lipinski definition) is 7. The van der Waals surface area contributed by atoms with Crippen molar-refractivity contribution in [3.63, 3.8) is 0 Å². The van der Waals surface area contributed by atoms with Crippen LogP contribution in [0.25, 0.3) is 0 Å². The van der Waals surface area contributed by atoms with E-state index in [1.807, 2.05) is 0 Å². The highest BCUT2D eigenvalue weighted by Crippen LogP contribution is 2.37. The zero-order valence-corrected chi connectivity index (χ0v) is 11.0. The van der Waals surface area contributed by atoms with Crippen molar-refractivity contribution >= 4 is 11.6 Å². The number of carbonyl (C=O) groups is 1. The summed E-state index contributed by atoms with van der Waals surface area (Å²) in [7, 11) is 1.30. The van der Waals surface area contributed by atoms with Gasteiger partial charge in [0.25, 0.3) is 11.0 Å². The summed E-state index contributed by atoms with van der Waals surface area (Å²) in [5, 5.41) is 20.3. The summed E-state index contributed by atoms with van der Waals surface area (Å²) in [6.45, 7) is -0.339. The minimum absolute atomic E-state index is 0.0112. The zero-order valence-electron chi connectivity index (χ0n) is 11.0. The van der Waals surface area contributed by atoms with Gasteiger partial charge in [-0.2, -0.15) is 0 Å². The Morgan fingerprint density at radius 2 is 2.05 bits per heavy atom. The van der Waals surface area contributed by atoms with Crippen molar-refractivity contribution in [3.05, 3.63) is 43.5 Å². The minimum Gasteiger partial charge on any atom is -0.490 e. The molecular formula is C11H11N3O7. The normalized spacial score (nSPS) is 13.0. The van der Waals surface area contributed by atoms with Crippen molar-refractivity contribution in [2.24, 2.45) is 0 Å². The molecule has 1 aromatic carbocycles. The summed E-state index contributed by atoms with van der Waals surface area (Å²) < 4.78 is 4.93. The Bertz CT molecular complexity index is 616. The van der Waals surface area contributed by atoms with Crippen LogP contribution in [-0.4, -0.2) is 41.1 Å². The first-order valence-electron chi connectivity index (χ1n) is 5.86. The zero-order chi connectivity index (χ0) is 15.6. The highest BCUT2D eigenvalue weighted by Gasteiger charge is 2.35. The van der Waals surface area contributed by atoms with Crippen LogP contribution in [0.5, 0.6) is 5.75 Å². The highest BCUT2D eigenvalue weighted by molar-refractivity contribution is 6.00. The van der Waals surface area contributed by atoms with Crippen molar-refractivity contribution in [1.29, 1.82) is 0 Å². The number of rotatable bonds is 6. The maximum absolute atomic E-state index is 12.1. The molecule has 0 atom stereocenters. The van der Waals surface area contributed by atoms with Gasteiger partial charge in [0, 0.05) is 6.54 Å². The standard InChI is InChI=1S/C11H11N3O7/c1-20-9-3-2-7-8(10(9)13(16)17)6-12(11(7)15)4-5-21-14(18)19/h2-3H,4-6H2,1H3. The van der Waals surface area contributed by atoms with E-state index >= 15 is 0 Å². The van der Waals surface area contributed by atoms with Crippen molar-refractivity contribution in [1.82, 2.24) is 4.90 Å². The van der Waals surface area contributed by atoms with E-state index in [-0.39, 0.29) is 42.3 Å². The molecule has 0 saturated carbocycles. The van der Waals surface area contributed by atoms with E-state index in [9.17, 15) is 25.0 Å². The summed E-state index contributed by atoms with van der Waals surface area (Å²) in [5.41, 5.74) is 0.176. The highest BCUT2D eigenvalue weighted by atomic mass is 16.9. The maximum atomic E-state index is 12.1. The summed E-state index contributed by atoms with van der Waals surface area (Å²) in [5.74, 6) is -0.363. The second kappa shape index (κ2) is 5.61. The number of fused-ring (bicyclic) bond motifs is 1. The Labute approximate surface area is 118 Å². The lowest BCUT2D eigenvalue weighted by Gasteiger charge is -2.13. The Morgan fingerprint density at radius 1 is 1.33 bits per heavy atom. The smallest absolute Gasteiger partial charge is 0.316 e. The molecule has 10 heteroatoms. The maximum Gasteiger partial charge on any atom is 0.316 e. The van der Waals surface area contributed by atoms with Crippen molar-refractivity contribution in [2.75, 3.05) is 20.3 Å². The molecule has 21 heavy (non-hydrogen) atoms. The molecule has 1 heterocycles. The third kappa shape index (κ3) is 2.68. The van der Waals surface area contributed by atoms with Crippen LogP contribution in [-0.2, 0) is 11.4 Å². The predicted molar refractivity (Wildman–Crippen MR) is 67.3 cm³/mol. The van der Waals surface area contributed by atoms with E-state index in [1.165, 1.54) is 24.1 Å². The molecule has 0 bridgehead atoms. The van der Waals surface area contributed by atoms with E-state index in [2.05, 4.69) is 4.84 Å². The molecule has 1 aliphatic rings. The molecule has 0 N–H and O–H groups in total. The molecule has 112 valence electrons. The van der Waals surface area contributed by atoms with Crippen LogP contribution in [0.2, 0.25) is 0 Å². The lowest BCUT2D eigenvalue weighted by atomic mass is 10.1. The minimum atomic E-state index is -0.959. The van der Waals surface area contributed by atoms with Crippen LogP contribution < -0.4 is 4.74 Å². The first kappa shape index (κ1) is 14.5. The average Bonchev–Trinajstić information content (AvgIpc) is 2.74. The fourth-order valence-corrected chi connectivity index (χ4v) is 2.18. The van der Waals surface area contributed by atoms with Crippen molar-refractivity contribution in [3.8, 4) is 5.75 Å². The van der Waals surface area contributed by atoms with E-state index in [1.54, 1.807) is 0 Å². The molecule has 1 aliphatic heterocycles. The van der Waals surface area contributed by atoms with Gasteiger partial charge in [-0.05, 0) is 12.1 Å². The Balaban J connectivity index is 2.26. The van der Waals surface area contributed by atoms with Crippen LogP contribution >= 0.6 is 0 Å². The van der Waals surface area contributed by atoms with Gasteiger partial charge < -0.3 is 14.5 Å². The number of hydrogen-bond donors (Lipinski definition) is 0. The number of nitro groups is 1. The number of amides is 1. The molecule has 2 rings (SSSR count). The topological polar surface area (TPSA) is 125 Å². The SMILES string of the molecule is COc1ccc2c(c1[N+](=O)[O-])CN(CCO[N+](=O)[O-])C2=O. The second-order valence-electron chi connectivity index (χ2n) is 4.18. The second-order valence-corrected chi connectivity index (χ2v) is 4.18. The third-order valence-electron chi connectivity index (χ3n) is 3.07. The molecule has 0 unspecified atom stereocenters. The van der Waals surface area contributed by atoms with Crippen molar-refractivity contribution < 1.29 is 24.4 Å². The van der Waals surface area contributed by atoms with Crippen LogP contribution in [0, 0.1) is 20.2 Å². The van der Waals surface area contributed by atoms with Gasteiger partial charge >= 0.3 is 5.69 Å². The molecule has 1 aromatic rings. The molecule has 0 saturated heterocycles. The van der Waals surface area contributed by atoms with Gasteiger partial charge in [0.2, 0.25) is 0 Å². The van der Waals surface area contributed by atoms with E-state index in [0.717, 1.165) is 0 Å². The van der Waals surface area contributed by atoms with Crippen LogP contribution in [0.3, 0.4) is 0 Å². The Hall–Kier alpha value is -2.91. The van der Waals surface area contributed by atoms with Gasteiger partial charge in [0.15, 0.2) is 5.75 Å². The predicted octanol–water partition coefficient (Wildman–Crippen LogP) is 0.767. The third-order valence-corrected chi connectivity index (χ3v) is 3.07. The Kier molecular flexibility index (Phi) is 3.87. The summed E-state index contributed by atoms with van der Waals surface area (Å²) in [6, 6.07) is 2.80. The quantitative estimate of drug-likeness (QED) is 0.560. The average molecular weight is 297 g/mol. The number of ether oxygens (including phenoxy) is 1. The first-order chi connectivity index (χ1) is 9.95. The monoisotopic (exact) mass is 297 g/mol. The number of methoxy groups -OCH3 is 1. The largest absolute Gasteiger partial charge is 0.490 e. The molecule has 0 aromatic heterocycles. The molecule has 10 nitrogen and oxygen atoms in total. The fraction of sp³-hybridized carbons (Fsp3) is 0.364. The number of carbonyl (C=O) groups excluding carboxylic acids is 1. The molecule has 0 radical (unpaired) electrons. The Morgan fingerprint density at radius 3 is 2.62 bits per heavy atom. The van der Waals surface area contributed by atoms with Crippen LogP contribution in [0.15, 0.2) is 12.1 Å². The van der Waals surface area contributed by atoms with Gasteiger partial charge in [0.05, 0.1) is 29.7 Å². The lowest BCUT2D eigenvalue weighted by molar-refractivity contribution is -0.757. The van der Waals surface area contributed by atoms with E-state index in [4.69, 9.17) is 4.74 Å². The molecule has 0 aliphatic carbocycles.